The highest BCUT2D eigenvalue weighted by Crippen LogP contribution is 2.23. The number of pyridine rings is 1. The van der Waals surface area contributed by atoms with Crippen LogP contribution in [0.3, 0.4) is 0 Å². The first kappa shape index (κ1) is 15.5. The van der Waals surface area contributed by atoms with Gasteiger partial charge in [-0.25, -0.2) is 0 Å². The molecule has 0 bridgehead atoms. The molecule has 4 nitrogen and oxygen atoms in total. The Labute approximate surface area is 125 Å². The minimum atomic E-state index is -0.515. The van der Waals surface area contributed by atoms with Crippen molar-refractivity contribution in [3.05, 3.63) is 53.9 Å². The van der Waals surface area contributed by atoms with Crippen LogP contribution in [0.15, 0.2) is 42.6 Å². The lowest BCUT2D eigenvalue weighted by atomic mass is 10.1. The Morgan fingerprint density at radius 1 is 1.10 bits per heavy atom. The monoisotopic (exact) mass is 287 g/mol. The van der Waals surface area contributed by atoms with E-state index in [1.807, 2.05) is 37.3 Å². The molecule has 1 heterocycles. The lowest BCUT2D eigenvalue weighted by molar-refractivity contribution is 0.169. The van der Waals surface area contributed by atoms with Crippen molar-refractivity contribution in [1.29, 1.82) is 0 Å². The number of aliphatic hydroxyl groups excluding tert-OH is 1. The van der Waals surface area contributed by atoms with Gasteiger partial charge in [0.15, 0.2) is 0 Å². The van der Waals surface area contributed by atoms with E-state index in [0.717, 1.165) is 12.2 Å². The summed E-state index contributed by atoms with van der Waals surface area (Å²) in [5.74, 6) is 1.42. The van der Waals surface area contributed by atoms with Crippen molar-refractivity contribution in [2.75, 3.05) is 13.7 Å². The Morgan fingerprint density at radius 3 is 2.38 bits per heavy atom. The first-order valence-corrected chi connectivity index (χ1v) is 7.12. The number of nitrogens with zero attached hydrogens (tertiary/aromatic N) is 1. The van der Waals surface area contributed by atoms with Crippen LogP contribution in [0.2, 0.25) is 0 Å². The van der Waals surface area contributed by atoms with Gasteiger partial charge in [0.05, 0.1) is 24.6 Å². The molecule has 2 aromatic rings. The van der Waals surface area contributed by atoms with Gasteiger partial charge in [-0.15, -0.1) is 0 Å². The molecule has 1 atom stereocenters. The molecule has 0 radical (unpaired) electrons. The van der Waals surface area contributed by atoms with Crippen LogP contribution < -0.4 is 4.74 Å². The maximum atomic E-state index is 9.70. The van der Waals surface area contributed by atoms with Crippen LogP contribution >= 0.6 is 0 Å². The van der Waals surface area contributed by atoms with E-state index in [1.54, 1.807) is 19.4 Å². The SMILES string of the molecule is CC[C@H](O)c1ccc(Oc2ccc(CCOC)cc2)cn1. The second kappa shape index (κ2) is 7.76. The minimum Gasteiger partial charge on any atom is -0.456 e. The van der Waals surface area contributed by atoms with Crippen molar-refractivity contribution in [1.82, 2.24) is 4.98 Å². The van der Waals surface area contributed by atoms with Crippen molar-refractivity contribution in [2.45, 2.75) is 25.9 Å². The molecule has 1 aromatic heterocycles. The van der Waals surface area contributed by atoms with E-state index in [9.17, 15) is 5.11 Å². The Morgan fingerprint density at radius 2 is 1.81 bits per heavy atom. The summed E-state index contributed by atoms with van der Waals surface area (Å²) in [7, 11) is 1.70. The van der Waals surface area contributed by atoms with Gasteiger partial charge >= 0.3 is 0 Å². The van der Waals surface area contributed by atoms with Gasteiger partial charge in [0, 0.05) is 7.11 Å². The van der Waals surface area contributed by atoms with E-state index >= 15 is 0 Å². The zero-order valence-electron chi connectivity index (χ0n) is 12.5. The van der Waals surface area contributed by atoms with Gasteiger partial charge in [-0.3, -0.25) is 4.98 Å². The van der Waals surface area contributed by atoms with Crippen molar-refractivity contribution in [3.63, 3.8) is 0 Å². The van der Waals surface area contributed by atoms with Crippen LogP contribution in [-0.2, 0) is 11.2 Å². The molecule has 0 aliphatic carbocycles. The average molecular weight is 287 g/mol. The standard InChI is InChI=1S/C17H21NO3/c1-3-17(19)16-9-8-15(12-18-16)21-14-6-4-13(5-7-14)10-11-20-2/h4-9,12,17,19H,3,10-11H2,1-2H3/t17-/m0/s1. The van der Waals surface area contributed by atoms with Crippen LogP contribution in [0.5, 0.6) is 11.5 Å². The Balaban J connectivity index is 1.97. The normalized spacial score (nSPS) is 12.1. The van der Waals surface area contributed by atoms with Gasteiger partial charge in [0.1, 0.15) is 11.5 Å². The fraction of sp³-hybridized carbons (Fsp3) is 0.353. The van der Waals surface area contributed by atoms with Gasteiger partial charge in [0.25, 0.3) is 0 Å². The number of hydrogen-bond acceptors (Lipinski definition) is 4. The molecule has 1 aromatic carbocycles. The number of ether oxygens (including phenoxy) is 2. The average Bonchev–Trinajstić information content (AvgIpc) is 2.54. The summed E-state index contributed by atoms with van der Waals surface area (Å²) in [5.41, 5.74) is 1.88. The predicted molar refractivity (Wildman–Crippen MR) is 81.6 cm³/mol. The molecule has 21 heavy (non-hydrogen) atoms. The quantitative estimate of drug-likeness (QED) is 0.846. The summed E-state index contributed by atoms with van der Waals surface area (Å²) in [5, 5.41) is 9.70. The Bertz CT molecular complexity index is 537. The molecule has 0 aliphatic rings. The zero-order valence-corrected chi connectivity index (χ0v) is 12.5. The summed E-state index contributed by atoms with van der Waals surface area (Å²) in [6.07, 6.45) is 2.66. The number of aliphatic hydroxyl groups is 1. The first-order valence-electron chi connectivity index (χ1n) is 7.12. The molecule has 0 fully saturated rings. The molecule has 0 aliphatic heterocycles. The molecule has 0 saturated heterocycles. The number of hydrogen-bond donors (Lipinski definition) is 1. The van der Waals surface area contributed by atoms with Crippen LogP contribution in [0.1, 0.15) is 30.7 Å². The lowest BCUT2D eigenvalue weighted by Gasteiger charge is -2.09. The van der Waals surface area contributed by atoms with Crippen molar-refractivity contribution in [3.8, 4) is 11.5 Å². The van der Waals surface area contributed by atoms with E-state index in [0.29, 0.717) is 24.5 Å². The minimum absolute atomic E-state index is 0.515. The molecule has 4 heteroatoms. The molecular weight excluding hydrogens is 266 g/mol. The highest BCUT2D eigenvalue weighted by molar-refractivity contribution is 5.32. The summed E-state index contributed by atoms with van der Waals surface area (Å²) in [6, 6.07) is 11.5. The zero-order chi connectivity index (χ0) is 15.1. The van der Waals surface area contributed by atoms with Crippen molar-refractivity contribution in [2.24, 2.45) is 0 Å². The third kappa shape index (κ3) is 4.55. The van der Waals surface area contributed by atoms with Gasteiger partial charge in [-0.1, -0.05) is 19.1 Å². The molecule has 2 rings (SSSR count). The summed E-state index contributed by atoms with van der Waals surface area (Å²) in [6.45, 7) is 2.63. The lowest BCUT2D eigenvalue weighted by Crippen LogP contribution is -1.98. The molecule has 0 unspecified atom stereocenters. The van der Waals surface area contributed by atoms with Crippen molar-refractivity contribution < 1.29 is 14.6 Å². The number of methoxy groups -OCH3 is 1. The molecule has 0 saturated carbocycles. The third-order valence-electron chi connectivity index (χ3n) is 3.24. The van der Waals surface area contributed by atoms with Gasteiger partial charge < -0.3 is 14.6 Å². The largest absolute Gasteiger partial charge is 0.456 e. The fourth-order valence-corrected chi connectivity index (χ4v) is 1.94. The van der Waals surface area contributed by atoms with E-state index in [-0.39, 0.29) is 0 Å². The van der Waals surface area contributed by atoms with Gasteiger partial charge in [-0.05, 0) is 42.7 Å². The van der Waals surface area contributed by atoms with Crippen LogP contribution in [0.25, 0.3) is 0 Å². The number of aromatic nitrogens is 1. The molecule has 0 spiro atoms. The molecular formula is C17H21NO3. The van der Waals surface area contributed by atoms with Crippen LogP contribution in [-0.4, -0.2) is 23.8 Å². The van der Waals surface area contributed by atoms with Crippen LogP contribution in [0, 0.1) is 0 Å². The summed E-state index contributed by atoms with van der Waals surface area (Å²) < 4.78 is 10.8. The molecule has 0 amide bonds. The predicted octanol–water partition coefficient (Wildman–Crippen LogP) is 3.51. The van der Waals surface area contributed by atoms with Gasteiger partial charge in [-0.2, -0.15) is 0 Å². The molecule has 1 N–H and O–H groups in total. The van der Waals surface area contributed by atoms with E-state index in [2.05, 4.69) is 4.98 Å². The maximum absolute atomic E-state index is 9.70. The first-order chi connectivity index (χ1) is 10.2. The highest BCUT2D eigenvalue weighted by Gasteiger charge is 2.06. The summed E-state index contributed by atoms with van der Waals surface area (Å²) >= 11 is 0. The van der Waals surface area contributed by atoms with Crippen molar-refractivity contribution >= 4 is 0 Å². The summed E-state index contributed by atoms with van der Waals surface area (Å²) in [4.78, 5) is 4.21. The van der Waals surface area contributed by atoms with E-state index in [1.165, 1.54) is 5.56 Å². The second-order valence-electron chi connectivity index (χ2n) is 4.83. The van der Waals surface area contributed by atoms with Gasteiger partial charge in [0.2, 0.25) is 0 Å². The fourth-order valence-electron chi connectivity index (χ4n) is 1.94. The maximum Gasteiger partial charge on any atom is 0.145 e. The van der Waals surface area contributed by atoms with E-state index < -0.39 is 6.10 Å². The Kier molecular flexibility index (Phi) is 5.72. The topological polar surface area (TPSA) is 51.6 Å². The third-order valence-corrected chi connectivity index (χ3v) is 3.24. The van der Waals surface area contributed by atoms with E-state index in [4.69, 9.17) is 9.47 Å². The Hall–Kier alpha value is -1.91. The number of rotatable bonds is 7. The van der Waals surface area contributed by atoms with Crippen LogP contribution in [0.4, 0.5) is 0 Å². The number of benzene rings is 1. The second-order valence-corrected chi connectivity index (χ2v) is 4.83. The highest BCUT2D eigenvalue weighted by atomic mass is 16.5. The molecule has 112 valence electrons. The smallest absolute Gasteiger partial charge is 0.145 e.